The third-order valence-electron chi connectivity index (χ3n) is 2.41. The van der Waals surface area contributed by atoms with Gasteiger partial charge in [0.1, 0.15) is 0 Å². The molecule has 82 valence electrons. The number of rotatable bonds is 5. The minimum atomic E-state index is 0.543. The molecule has 15 heavy (non-hydrogen) atoms. The summed E-state index contributed by atoms with van der Waals surface area (Å²) >= 11 is 0. The standard InChI is InChI=1S/C12H18N2O/c1-2-3-4-12(14-15)11-7-5-10(9-13)6-8-11/h5-8,15H,2-4,9,13H2,1H3. The van der Waals surface area contributed by atoms with Gasteiger partial charge in [0.15, 0.2) is 0 Å². The van der Waals surface area contributed by atoms with Crippen LogP contribution in [-0.2, 0) is 6.54 Å². The van der Waals surface area contributed by atoms with Crippen molar-refractivity contribution >= 4 is 5.71 Å². The lowest BCUT2D eigenvalue weighted by molar-refractivity contribution is 0.318. The Labute approximate surface area is 90.6 Å². The van der Waals surface area contributed by atoms with E-state index in [0.29, 0.717) is 6.54 Å². The quantitative estimate of drug-likeness (QED) is 0.442. The Hall–Kier alpha value is -1.35. The van der Waals surface area contributed by atoms with Gasteiger partial charge in [0.25, 0.3) is 0 Å². The topological polar surface area (TPSA) is 58.6 Å². The van der Waals surface area contributed by atoms with Crippen molar-refractivity contribution < 1.29 is 5.21 Å². The van der Waals surface area contributed by atoms with Gasteiger partial charge in [-0.25, -0.2) is 0 Å². The van der Waals surface area contributed by atoms with Gasteiger partial charge in [0.05, 0.1) is 5.71 Å². The molecular weight excluding hydrogens is 188 g/mol. The molecule has 3 heteroatoms. The van der Waals surface area contributed by atoms with Crippen LogP contribution in [0.4, 0.5) is 0 Å². The molecule has 3 N–H and O–H groups in total. The molecular formula is C12H18N2O. The number of benzene rings is 1. The number of unbranched alkanes of at least 4 members (excludes halogenated alkanes) is 1. The summed E-state index contributed by atoms with van der Waals surface area (Å²) in [6.07, 6.45) is 2.95. The van der Waals surface area contributed by atoms with E-state index in [9.17, 15) is 0 Å². The molecule has 0 radical (unpaired) electrons. The van der Waals surface area contributed by atoms with Crippen LogP contribution in [0.3, 0.4) is 0 Å². The van der Waals surface area contributed by atoms with Crippen LogP contribution in [0.5, 0.6) is 0 Å². The molecule has 0 saturated heterocycles. The lowest BCUT2D eigenvalue weighted by atomic mass is 10.0. The molecule has 0 fully saturated rings. The van der Waals surface area contributed by atoms with Gasteiger partial charge in [-0.15, -0.1) is 0 Å². The van der Waals surface area contributed by atoms with Gasteiger partial charge in [-0.05, 0) is 24.0 Å². The van der Waals surface area contributed by atoms with E-state index in [-0.39, 0.29) is 0 Å². The van der Waals surface area contributed by atoms with Crippen molar-refractivity contribution in [1.82, 2.24) is 0 Å². The molecule has 1 aromatic carbocycles. The second kappa shape index (κ2) is 6.19. The summed E-state index contributed by atoms with van der Waals surface area (Å²) in [7, 11) is 0. The zero-order valence-corrected chi connectivity index (χ0v) is 9.11. The number of oxime groups is 1. The molecule has 0 aliphatic rings. The Morgan fingerprint density at radius 2 is 2.00 bits per heavy atom. The smallest absolute Gasteiger partial charge is 0.0867 e. The second-order valence-electron chi connectivity index (χ2n) is 3.55. The Bertz CT molecular complexity index is 317. The minimum Gasteiger partial charge on any atom is -0.411 e. The predicted octanol–water partition coefficient (Wildman–Crippen LogP) is 2.51. The van der Waals surface area contributed by atoms with Gasteiger partial charge in [-0.3, -0.25) is 0 Å². The van der Waals surface area contributed by atoms with Crippen LogP contribution in [0.1, 0.15) is 37.3 Å². The van der Waals surface area contributed by atoms with Crippen molar-refractivity contribution in [2.45, 2.75) is 32.7 Å². The van der Waals surface area contributed by atoms with E-state index in [1.165, 1.54) is 0 Å². The van der Waals surface area contributed by atoms with Gasteiger partial charge in [0, 0.05) is 6.54 Å². The fourth-order valence-electron chi connectivity index (χ4n) is 1.43. The molecule has 0 aliphatic heterocycles. The largest absolute Gasteiger partial charge is 0.411 e. The molecule has 0 atom stereocenters. The zero-order valence-electron chi connectivity index (χ0n) is 9.11. The zero-order chi connectivity index (χ0) is 11.1. The lowest BCUT2D eigenvalue weighted by Gasteiger charge is -2.04. The number of nitrogens with two attached hydrogens (primary N) is 1. The van der Waals surface area contributed by atoms with Crippen LogP contribution in [0.15, 0.2) is 29.4 Å². The highest BCUT2D eigenvalue weighted by Crippen LogP contribution is 2.09. The molecule has 0 saturated carbocycles. The average molecular weight is 206 g/mol. The minimum absolute atomic E-state index is 0.543. The highest BCUT2D eigenvalue weighted by Gasteiger charge is 2.03. The molecule has 0 unspecified atom stereocenters. The normalized spacial score (nSPS) is 11.7. The SMILES string of the molecule is CCCCC(=NO)c1ccc(CN)cc1. The van der Waals surface area contributed by atoms with Crippen molar-refractivity contribution in [1.29, 1.82) is 0 Å². The Morgan fingerprint density at radius 3 is 2.47 bits per heavy atom. The van der Waals surface area contributed by atoms with Crippen LogP contribution in [0.25, 0.3) is 0 Å². The summed E-state index contributed by atoms with van der Waals surface area (Å²) in [5.74, 6) is 0. The Morgan fingerprint density at radius 1 is 1.33 bits per heavy atom. The third-order valence-corrected chi connectivity index (χ3v) is 2.41. The summed E-state index contributed by atoms with van der Waals surface area (Å²) < 4.78 is 0. The van der Waals surface area contributed by atoms with Crippen molar-refractivity contribution in [2.24, 2.45) is 10.9 Å². The molecule has 3 nitrogen and oxygen atoms in total. The number of nitrogens with zero attached hydrogens (tertiary/aromatic N) is 1. The Balaban J connectivity index is 2.75. The van der Waals surface area contributed by atoms with Crippen molar-refractivity contribution in [3.63, 3.8) is 0 Å². The fourth-order valence-corrected chi connectivity index (χ4v) is 1.43. The van der Waals surface area contributed by atoms with E-state index in [1.807, 2.05) is 24.3 Å². The van der Waals surface area contributed by atoms with Crippen molar-refractivity contribution in [3.05, 3.63) is 35.4 Å². The predicted molar refractivity (Wildman–Crippen MR) is 62.2 cm³/mol. The average Bonchev–Trinajstić information content (AvgIpc) is 2.31. The molecule has 0 amide bonds. The summed E-state index contributed by atoms with van der Waals surface area (Å²) in [4.78, 5) is 0. The van der Waals surface area contributed by atoms with Crippen molar-refractivity contribution in [2.75, 3.05) is 0 Å². The summed E-state index contributed by atoms with van der Waals surface area (Å²) in [5.41, 5.74) is 8.32. The van der Waals surface area contributed by atoms with E-state index in [0.717, 1.165) is 36.1 Å². The molecule has 1 aromatic rings. The maximum Gasteiger partial charge on any atom is 0.0867 e. The highest BCUT2D eigenvalue weighted by atomic mass is 16.4. The van der Waals surface area contributed by atoms with Crippen LogP contribution in [0.2, 0.25) is 0 Å². The molecule has 0 spiro atoms. The fraction of sp³-hybridized carbons (Fsp3) is 0.417. The second-order valence-corrected chi connectivity index (χ2v) is 3.55. The first kappa shape index (κ1) is 11.7. The van der Waals surface area contributed by atoms with Crippen LogP contribution < -0.4 is 5.73 Å². The Kier molecular flexibility index (Phi) is 4.84. The third kappa shape index (κ3) is 3.36. The summed E-state index contributed by atoms with van der Waals surface area (Å²) in [6, 6.07) is 7.83. The molecule has 0 bridgehead atoms. The van der Waals surface area contributed by atoms with E-state index >= 15 is 0 Å². The van der Waals surface area contributed by atoms with Crippen LogP contribution in [-0.4, -0.2) is 10.9 Å². The van der Waals surface area contributed by atoms with E-state index < -0.39 is 0 Å². The van der Waals surface area contributed by atoms with Crippen LogP contribution in [0, 0.1) is 0 Å². The summed E-state index contributed by atoms with van der Waals surface area (Å²) in [6.45, 7) is 2.66. The van der Waals surface area contributed by atoms with Gasteiger partial charge in [0.2, 0.25) is 0 Å². The highest BCUT2D eigenvalue weighted by molar-refractivity contribution is 6.00. The molecule has 0 aliphatic carbocycles. The maximum atomic E-state index is 8.90. The van der Waals surface area contributed by atoms with E-state index in [1.54, 1.807) is 0 Å². The molecule has 0 heterocycles. The monoisotopic (exact) mass is 206 g/mol. The van der Waals surface area contributed by atoms with Gasteiger partial charge in [-0.1, -0.05) is 42.8 Å². The van der Waals surface area contributed by atoms with Crippen molar-refractivity contribution in [3.8, 4) is 0 Å². The lowest BCUT2D eigenvalue weighted by Crippen LogP contribution is -2.02. The van der Waals surface area contributed by atoms with Gasteiger partial charge >= 0.3 is 0 Å². The first-order valence-electron chi connectivity index (χ1n) is 5.32. The maximum absolute atomic E-state index is 8.90. The number of hydrogen-bond acceptors (Lipinski definition) is 3. The van der Waals surface area contributed by atoms with Crippen LogP contribution >= 0.6 is 0 Å². The first-order chi connectivity index (χ1) is 7.31. The van der Waals surface area contributed by atoms with Gasteiger partial charge < -0.3 is 10.9 Å². The molecule has 0 aromatic heterocycles. The van der Waals surface area contributed by atoms with E-state index in [2.05, 4.69) is 12.1 Å². The van der Waals surface area contributed by atoms with Gasteiger partial charge in [-0.2, -0.15) is 0 Å². The van der Waals surface area contributed by atoms with E-state index in [4.69, 9.17) is 10.9 Å². The summed E-state index contributed by atoms with van der Waals surface area (Å²) in [5, 5.41) is 12.2. The first-order valence-corrected chi connectivity index (χ1v) is 5.32. The number of hydrogen-bond donors (Lipinski definition) is 2. The molecule has 1 rings (SSSR count).